The number of amides is 1. The summed E-state index contributed by atoms with van der Waals surface area (Å²) in [4.78, 5) is 23.4. The predicted octanol–water partition coefficient (Wildman–Crippen LogP) is 3.71. The second-order valence-electron chi connectivity index (χ2n) is 6.32. The van der Waals surface area contributed by atoms with Crippen LogP contribution in [0.25, 0.3) is 0 Å². The molecule has 0 saturated heterocycles. The summed E-state index contributed by atoms with van der Waals surface area (Å²) in [6.45, 7) is 3.84. The van der Waals surface area contributed by atoms with E-state index in [1.165, 1.54) is 0 Å². The van der Waals surface area contributed by atoms with E-state index in [2.05, 4.69) is 5.32 Å². The van der Waals surface area contributed by atoms with Crippen LogP contribution >= 0.6 is 0 Å². The van der Waals surface area contributed by atoms with Crippen LogP contribution in [-0.4, -0.2) is 23.6 Å². The number of carbonyl (C=O) groups is 2. The smallest absolute Gasteiger partial charge is 0.335 e. The molecule has 1 amide bonds. The van der Waals surface area contributed by atoms with Crippen molar-refractivity contribution in [1.29, 1.82) is 0 Å². The summed E-state index contributed by atoms with van der Waals surface area (Å²) in [6.07, 6.45) is 0. The highest BCUT2D eigenvalue weighted by Crippen LogP contribution is 2.22. The van der Waals surface area contributed by atoms with Crippen LogP contribution in [0.5, 0.6) is 0 Å². The molecule has 2 aromatic rings. The third-order valence-corrected chi connectivity index (χ3v) is 3.65. The topological polar surface area (TPSA) is 75.6 Å². The highest BCUT2D eigenvalue weighted by Gasteiger charge is 2.29. The Labute approximate surface area is 145 Å². The third-order valence-electron chi connectivity index (χ3n) is 3.65. The molecule has 2 N–H and O–H groups in total. The van der Waals surface area contributed by atoms with Gasteiger partial charge in [-0.1, -0.05) is 30.3 Å². The highest BCUT2D eigenvalue weighted by molar-refractivity contribution is 5.96. The van der Waals surface area contributed by atoms with Crippen LogP contribution in [-0.2, 0) is 16.1 Å². The quantitative estimate of drug-likeness (QED) is 0.802. The van der Waals surface area contributed by atoms with E-state index in [0.29, 0.717) is 6.61 Å². The van der Waals surface area contributed by atoms with Crippen molar-refractivity contribution in [3.63, 3.8) is 0 Å². The van der Waals surface area contributed by atoms with Gasteiger partial charge in [-0.05, 0) is 37.6 Å². The lowest BCUT2D eigenvalue weighted by Crippen LogP contribution is -2.35. The van der Waals surface area contributed by atoms with Gasteiger partial charge in [-0.15, -0.1) is 0 Å². The number of carboxylic acids is 1. The number of hydrogen-bond acceptors (Lipinski definition) is 3. The lowest BCUT2D eigenvalue weighted by Gasteiger charge is -2.23. The van der Waals surface area contributed by atoms with Crippen molar-refractivity contribution in [2.75, 3.05) is 11.9 Å². The van der Waals surface area contributed by atoms with Crippen molar-refractivity contribution < 1.29 is 23.8 Å². The third kappa shape index (κ3) is 5.12. The maximum absolute atomic E-state index is 13.8. The molecule has 0 radical (unpaired) electrons. The van der Waals surface area contributed by atoms with Gasteiger partial charge < -0.3 is 15.2 Å². The number of ether oxygens (including phenoxy) is 1. The summed E-state index contributed by atoms with van der Waals surface area (Å²) >= 11 is 0. The van der Waals surface area contributed by atoms with E-state index in [1.54, 1.807) is 13.8 Å². The maximum Gasteiger partial charge on any atom is 0.335 e. The van der Waals surface area contributed by atoms with E-state index in [4.69, 9.17) is 9.84 Å². The normalized spacial score (nSPS) is 11.2. The van der Waals surface area contributed by atoms with Crippen molar-refractivity contribution >= 4 is 17.6 Å². The number of benzene rings is 2. The first-order valence-electron chi connectivity index (χ1n) is 7.75. The Morgan fingerprint density at radius 2 is 1.84 bits per heavy atom. The van der Waals surface area contributed by atoms with Crippen molar-refractivity contribution in [2.24, 2.45) is 5.41 Å². The Bertz CT molecular complexity index is 759. The highest BCUT2D eigenvalue weighted by atomic mass is 19.1. The molecule has 25 heavy (non-hydrogen) atoms. The number of nitrogens with one attached hydrogen (secondary N) is 1. The fourth-order valence-electron chi connectivity index (χ4n) is 2.11. The van der Waals surface area contributed by atoms with Gasteiger partial charge in [0, 0.05) is 0 Å². The van der Waals surface area contributed by atoms with Gasteiger partial charge in [0.25, 0.3) is 0 Å². The van der Waals surface area contributed by atoms with Gasteiger partial charge >= 0.3 is 5.97 Å². The Morgan fingerprint density at radius 1 is 1.16 bits per heavy atom. The Kier molecular flexibility index (Phi) is 5.88. The van der Waals surface area contributed by atoms with Gasteiger partial charge in [0.15, 0.2) is 0 Å². The molecule has 2 aromatic carbocycles. The van der Waals surface area contributed by atoms with E-state index in [9.17, 15) is 14.0 Å². The number of rotatable bonds is 7. The fourth-order valence-corrected chi connectivity index (χ4v) is 2.11. The van der Waals surface area contributed by atoms with Crippen molar-refractivity contribution in [1.82, 2.24) is 0 Å². The fraction of sp³-hybridized carbons (Fsp3) is 0.263. The van der Waals surface area contributed by atoms with Gasteiger partial charge in [0.1, 0.15) is 5.82 Å². The lowest BCUT2D eigenvalue weighted by atomic mass is 9.93. The summed E-state index contributed by atoms with van der Waals surface area (Å²) in [5.41, 5.74) is -0.199. The molecule has 132 valence electrons. The van der Waals surface area contributed by atoms with E-state index < -0.39 is 23.1 Å². The minimum atomic E-state index is -1.19. The molecule has 0 atom stereocenters. The molecule has 0 unspecified atom stereocenters. The molecular weight excluding hydrogens is 325 g/mol. The molecule has 0 aromatic heterocycles. The Morgan fingerprint density at radius 3 is 2.48 bits per heavy atom. The summed E-state index contributed by atoms with van der Waals surface area (Å²) < 4.78 is 19.4. The zero-order chi connectivity index (χ0) is 18.4. The monoisotopic (exact) mass is 345 g/mol. The number of halogens is 1. The average Bonchev–Trinajstić information content (AvgIpc) is 2.57. The Hall–Kier alpha value is -2.73. The van der Waals surface area contributed by atoms with E-state index >= 15 is 0 Å². The lowest BCUT2D eigenvalue weighted by molar-refractivity contribution is -0.127. The zero-order valence-electron chi connectivity index (χ0n) is 14.1. The molecule has 6 heteroatoms. The molecule has 0 heterocycles. The van der Waals surface area contributed by atoms with Crippen LogP contribution in [0.15, 0.2) is 48.5 Å². The molecule has 0 fully saturated rings. The SMILES string of the molecule is CC(C)(COCc1ccccc1)C(=O)Nc1cc(C(=O)O)ccc1F. The summed E-state index contributed by atoms with van der Waals surface area (Å²) in [6, 6.07) is 12.8. The first kappa shape index (κ1) is 18.6. The van der Waals surface area contributed by atoms with E-state index in [1.807, 2.05) is 30.3 Å². The van der Waals surface area contributed by atoms with Crippen LogP contribution in [0.2, 0.25) is 0 Å². The number of carbonyl (C=O) groups excluding carboxylic acids is 1. The second kappa shape index (κ2) is 7.90. The molecule has 0 spiro atoms. The minimum absolute atomic E-state index is 0.102. The number of aromatic carboxylic acids is 1. The van der Waals surface area contributed by atoms with Crippen LogP contribution in [0.4, 0.5) is 10.1 Å². The molecular formula is C19H20FNO4. The van der Waals surface area contributed by atoms with Crippen molar-refractivity contribution in [3.8, 4) is 0 Å². The molecule has 0 aliphatic rings. The minimum Gasteiger partial charge on any atom is -0.478 e. The molecule has 0 aliphatic carbocycles. The summed E-state index contributed by atoms with van der Waals surface area (Å²) in [5, 5.41) is 11.4. The maximum atomic E-state index is 13.8. The Balaban J connectivity index is 1.98. The van der Waals surface area contributed by atoms with Crippen LogP contribution in [0.3, 0.4) is 0 Å². The van der Waals surface area contributed by atoms with Crippen molar-refractivity contribution in [3.05, 3.63) is 65.5 Å². The van der Waals surface area contributed by atoms with Crippen LogP contribution in [0.1, 0.15) is 29.8 Å². The van der Waals surface area contributed by atoms with Gasteiger partial charge in [-0.25, -0.2) is 9.18 Å². The van der Waals surface area contributed by atoms with E-state index in [-0.39, 0.29) is 17.9 Å². The van der Waals surface area contributed by atoms with Gasteiger partial charge in [-0.3, -0.25) is 4.79 Å². The number of anilines is 1. The molecule has 0 aliphatic heterocycles. The van der Waals surface area contributed by atoms with Gasteiger partial charge in [0.05, 0.1) is 29.9 Å². The van der Waals surface area contributed by atoms with Crippen LogP contribution in [0, 0.1) is 11.2 Å². The average molecular weight is 345 g/mol. The van der Waals surface area contributed by atoms with Gasteiger partial charge in [0.2, 0.25) is 5.91 Å². The van der Waals surface area contributed by atoms with Crippen LogP contribution < -0.4 is 5.32 Å². The summed E-state index contributed by atoms with van der Waals surface area (Å²) in [5.74, 6) is -2.35. The number of hydrogen-bond donors (Lipinski definition) is 2. The summed E-state index contributed by atoms with van der Waals surface area (Å²) in [7, 11) is 0. The molecule has 2 rings (SSSR count). The van der Waals surface area contributed by atoms with Crippen molar-refractivity contribution in [2.45, 2.75) is 20.5 Å². The largest absolute Gasteiger partial charge is 0.478 e. The first-order chi connectivity index (χ1) is 11.8. The van der Waals surface area contributed by atoms with Gasteiger partial charge in [-0.2, -0.15) is 0 Å². The second-order valence-corrected chi connectivity index (χ2v) is 6.32. The zero-order valence-corrected chi connectivity index (χ0v) is 14.1. The molecule has 0 bridgehead atoms. The molecule has 5 nitrogen and oxygen atoms in total. The first-order valence-corrected chi connectivity index (χ1v) is 7.75. The molecule has 0 saturated carbocycles. The van der Waals surface area contributed by atoms with E-state index in [0.717, 1.165) is 23.8 Å². The standard InChI is InChI=1S/C19H20FNO4/c1-19(2,12-25-11-13-6-4-3-5-7-13)18(24)21-16-10-14(17(22)23)8-9-15(16)20/h3-10H,11-12H2,1-2H3,(H,21,24)(H,22,23). The number of carboxylic acid groups (broad SMARTS) is 1. The predicted molar refractivity (Wildman–Crippen MR) is 91.9 cm³/mol.